The molecule has 2 aromatic heterocycles. The average Bonchev–Trinajstić information content (AvgIpc) is 3.32. The molecule has 3 aromatic rings. The lowest BCUT2D eigenvalue weighted by atomic mass is 10.1. The zero-order chi connectivity index (χ0) is 20.3. The number of aromatic nitrogens is 2. The number of nitrogens with two attached hydrogens (primary N) is 1. The lowest BCUT2D eigenvalue weighted by molar-refractivity contribution is -0.159. The van der Waals surface area contributed by atoms with Gasteiger partial charge in [-0.2, -0.15) is 18.2 Å². The summed E-state index contributed by atoms with van der Waals surface area (Å²) in [5.41, 5.74) is 5.97. The third-order valence-electron chi connectivity index (χ3n) is 3.68. The van der Waals surface area contributed by atoms with Crippen molar-refractivity contribution >= 4 is 11.8 Å². The van der Waals surface area contributed by atoms with Gasteiger partial charge in [-0.25, -0.2) is 0 Å². The number of amides is 2. The third-order valence-corrected chi connectivity index (χ3v) is 3.68. The summed E-state index contributed by atoms with van der Waals surface area (Å²) in [6.45, 7) is 0.0547. The molecule has 0 fully saturated rings. The lowest BCUT2D eigenvalue weighted by Gasteiger charge is -2.20. The Morgan fingerprint density at radius 2 is 1.82 bits per heavy atom. The molecule has 0 aliphatic carbocycles. The topological polar surface area (TPSA) is 115 Å². The Morgan fingerprint density at radius 3 is 2.36 bits per heavy atom. The molecule has 8 nitrogen and oxygen atoms in total. The van der Waals surface area contributed by atoms with Gasteiger partial charge in [0, 0.05) is 12.1 Å². The van der Waals surface area contributed by atoms with Gasteiger partial charge in [-0.15, -0.1) is 0 Å². The first-order valence-electron chi connectivity index (χ1n) is 7.85. The third kappa shape index (κ3) is 4.37. The first-order chi connectivity index (χ1) is 13.2. The molecule has 28 heavy (non-hydrogen) atoms. The Morgan fingerprint density at radius 1 is 1.11 bits per heavy atom. The van der Waals surface area contributed by atoms with Gasteiger partial charge in [-0.05, 0) is 17.7 Å². The van der Waals surface area contributed by atoms with Gasteiger partial charge >= 0.3 is 23.9 Å². The summed E-state index contributed by atoms with van der Waals surface area (Å²) in [5, 5.41) is 3.30. The van der Waals surface area contributed by atoms with Crippen molar-refractivity contribution in [3.05, 3.63) is 59.9 Å². The zero-order valence-electron chi connectivity index (χ0n) is 14.1. The quantitative estimate of drug-likeness (QED) is 0.664. The summed E-state index contributed by atoms with van der Waals surface area (Å²) < 4.78 is 47.0. The van der Waals surface area contributed by atoms with E-state index < -0.39 is 23.9 Å². The standard InChI is InChI=1S/C17H13F3N4O4/c18-17(19,20)16-22-14(23-28-16)11-5-3-10(4-6-11)8-24(15(26)13(21)25)9-12-2-1-7-27-12/h1-7H,8-9H2,(H2,21,25). The predicted molar refractivity (Wildman–Crippen MR) is 86.9 cm³/mol. The molecule has 0 unspecified atom stereocenters. The van der Waals surface area contributed by atoms with Gasteiger partial charge in [0.15, 0.2) is 0 Å². The zero-order valence-corrected chi connectivity index (χ0v) is 14.1. The minimum absolute atomic E-state index is 0.0241. The van der Waals surface area contributed by atoms with Crippen LogP contribution in [0.1, 0.15) is 17.2 Å². The smallest absolute Gasteiger partial charge is 0.467 e. The molecule has 146 valence electrons. The maximum atomic E-state index is 12.5. The number of carbonyl (C=O) groups is 2. The SMILES string of the molecule is NC(=O)C(=O)N(Cc1ccc(-c2noc(C(F)(F)F)n2)cc1)Cc1ccco1. The highest BCUT2D eigenvalue weighted by molar-refractivity contribution is 6.34. The summed E-state index contributed by atoms with van der Waals surface area (Å²) in [5.74, 6) is -3.22. The fourth-order valence-electron chi connectivity index (χ4n) is 2.38. The number of nitrogens with zero attached hydrogens (tertiary/aromatic N) is 3. The molecule has 2 N–H and O–H groups in total. The van der Waals surface area contributed by atoms with Gasteiger partial charge in [0.25, 0.3) is 0 Å². The number of primary amides is 1. The first-order valence-corrected chi connectivity index (χ1v) is 7.85. The van der Waals surface area contributed by atoms with Crippen molar-refractivity contribution < 1.29 is 31.7 Å². The van der Waals surface area contributed by atoms with Crippen molar-refractivity contribution in [2.45, 2.75) is 19.3 Å². The minimum Gasteiger partial charge on any atom is -0.467 e. The second-order valence-electron chi connectivity index (χ2n) is 5.72. The van der Waals surface area contributed by atoms with E-state index in [0.29, 0.717) is 16.9 Å². The number of halogens is 3. The molecule has 0 saturated heterocycles. The van der Waals surface area contributed by atoms with E-state index in [0.717, 1.165) is 0 Å². The first kappa shape index (κ1) is 19.1. The van der Waals surface area contributed by atoms with E-state index in [1.54, 1.807) is 24.3 Å². The van der Waals surface area contributed by atoms with Crippen molar-refractivity contribution in [2.24, 2.45) is 5.73 Å². The molecule has 0 bridgehead atoms. The maximum absolute atomic E-state index is 12.5. The van der Waals surface area contributed by atoms with Crippen molar-refractivity contribution in [1.29, 1.82) is 0 Å². The molecule has 1 aromatic carbocycles. The molecule has 0 saturated carbocycles. The van der Waals surface area contributed by atoms with Gasteiger partial charge in [0.1, 0.15) is 5.76 Å². The summed E-state index contributed by atoms with van der Waals surface area (Å²) >= 11 is 0. The van der Waals surface area contributed by atoms with Crippen molar-refractivity contribution in [1.82, 2.24) is 15.0 Å². The lowest BCUT2D eigenvalue weighted by Crippen LogP contribution is -2.39. The molecule has 2 heterocycles. The maximum Gasteiger partial charge on any atom is 0.471 e. The monoisotopic (exact) mass is 394 g/mol. The highest BCUT2D eigenvalue weighted by atomic mass is 19.4. The number of hydrogen-bond acceptors (Lipinski definition) is 6. The van der Waals surface area contributed by atoms with Crippen molar-refractivity contribution in [3.8, 4) is 11.4 Å². The number of carbonyl (C=O) groups excluding carboxylic acids is 2. The number of benzene rings is 1. The van der Waals surface area contributed by atoms with Crippen LogP contribution in [0.5, 0.6) is 0 Å². The Labute approximate surface area is 155 Å². The van der Waals surface area contributed by atoms with Crippen LogP contribution in [0.4, 0.5) is 13.2 Å². The van der Waals surface area contributed by atoms with Crippen LogP contribution in [-0.2, 0) is 28.9 Å². The summed E-state index contributed by atoms with van der Waals surface area (Å²) in [6, 6.07) is 9.33. The number of alkyl halides is 3. The van der Waals surface area contributed by atoms with E-state index in [9.17, 15) is 22.8 Å². The summed E-state index contributed by atoms with van der Waals surface area (Å²) in [7, 11) is 0. The largest absolute Gasteiger partial charge is 0.471 e. The van der Waals surface area contributed by atoms with Gasteiger partial charge in [-0.3, -0.25) is 9.59 Å². The molecule has 0 radical (unpaired) electrons. The molecule has 2 amide bonds. The van der Waals surface area contributed by atoms with E-state index in [-0.39, 0.29) is 18.9 Å². The van der Waals surface area contributed by atoms with E-state index in [4.69, 9.17) is 10.2 Å². The fourth-order valence-corrected chi connectivity index (χ4v) is 2.38. The highest BCUT2D eigenvalue weighted by Gasteiger charge is 2.38. The van der Waals surface area contributed by atoms with Crippen molar-refractivity contribution in [3.63, 3.8) is 0 Å². The Kier molecular flexibility index (Phi) is 5.16. The van der Waals surface area contributed by atoms with Crippen LogP contribution < -0.4 is 5.73 Å². The van der Waals surface area contributed by atoms with Gasteiger partial charge < -0.3 is 19.6 Å². The second-order valence-corrected chi connectivity index (χ2v) is 5.72. The number of furan rings is 1. The second kappa shape index (κ2) is 7.55. The average molecular weight is 394 g/mol. The van der Waals surface area contributed by atoms with E-state index in [2.05, 4.69) is 14.7 Å². The van der Waals surface area contributed by atoms with Crippen LogP contribution in [0.25, 0.3) is 11.4 Å². The predicted octanol–water partition coefficient (Wildman–Crippen LogP) is 2.36. The molecule has 0 aliphatic heterocycles. The van der Waals surface area contributed by atoms with Crippen LogP contribution >= 0.6 is 0 Å². The van der Waals surface area contributed by atoms with Crippen LogP contribution in [0.2, 0.25) is 0 Å². The summed E-state index contributed by atoms with van der Waals surface area (Å²) in [4.78, 5) is 27.8. The normalized spacial score (nSPS) is 11.4. The van der Waals surface area contributed by atoms with Gasteiger partial charge in [-0.1, -0.05) is 29.4 Å². The minimum atomic E-state index is -4.73. The van der Waals surface area contributed by atoms with Gasteiger partial charge in [0.05, 0.1) is 12.8 Å². The van der Waals surface area contributed by atoms with Crippen LogP contribution in [0, 0.1) is 0 Å². The van der Waals surface area contributed by atoms with Crippen LogP contribution in [0.15, 0.2) is 51.6 Å². The Hall–Kier alpha value is -3.63. The Balaban J connectivity index is 1.76. The molecular formula is C17H13F3N4O4. The Bertz CT molecular complexity index is 965. The van der Waals surface area contributed by atoms with E-state index in [1.807, 2.05) is 0 Å². The molecule has 11 heteroatoms. The highest BCUT2D eigenvalue weighted by Crippen LogP contribution is 2.29. The van der Waals surface area contributed by atoms with E-state index >= 15 is 0 Å². The van der Waals surface area contributed by atoms with E-state index in [1.165, 1.54) is 23.3 Å². The number of rotatable bonds is 5. The molecule has 0 aliphatic rings. The van der Waals surface area contributed by atoms with Gasteiger partial charge in [0.2, 0.25) is 5.82 Å². The van der Waals surface area contributed by atoms with Crippen molar-refractivity contribution in [2.75, 3.05) is 0 Å². The summed E-state index contributed by atoms with van der Waals surface area (Å²) in [6.07, 6.45) is -3.30. The molecule has 0 atom stereocenters. The molecule has 3 rings (SSSR count). The number of hydrogen-bond donors (Lipinski definition) is 1. The molecule has 0 spiro atoms. The fraction of sp³-hybridized carbons (Fsp3) is 0.176. The van der Waals surface area contributed by atoms with Crippen LogP contribution in [-0.4, -0.2) is 26.9 Å². The molecular weight excluding hydrogens is 381 g/mol. The van der Waals surface area contributed by atoms with Crippen LogP contribution in [0.3, 0.4) is 0 Å².